The third kappa shape index (κ3) is 3.51. The molecule has 0 fully saturated rings. The maximum absolute atomic E-state index is 11.9. The van der Waals surface area contributed by atoms with Crippen molar-refractivity contribution in [2.24, 2.45) is 5.92 Å². The summed E-state index contributed by atoms with van der Waals surface area (Å²) in [4.78, 5) is 11.9. The van der Waals surface area contributed by atoms with Crippen molar-refractivity contribution >= 4 is 5.91 Å². The van der Waals surface area contributed by atoms with Crippen molar-refractivity contribution in [1.29, 1.82) is 0 Å². The molecule has 0 saturated heterocycles. The number of amides is 1. The highest BCUT2D eigenvalue weighted by Crippen LogP contribution is 2.33. The second-order valence-corrected chi connectivity index (χ2v) is 5.81. The Morgan fingerprint density at radius 1 is 1.45 bits per heavy atom. The zero-order chi connectivity index (χ0) is 14.7. The molecular weight excluding hydrogens is 254 g/mol. The van der Waals surface area contributed by atoms with E-state index >= 15 is 0 Å². The molecule has 0 heterocycles. The van der Waals surface area contributed by atoms with Crippen LogP contribution < -0.4 is 10.1 Å². The minimum absolute atomic E-state index is 0.0979. The Morgan fingerprint density at radius 3 is 2.90 bits per heavy atom. The second-order valence-electron chi connectivity index (χ2n) is 5.81. The highest BCUT2D eigenvalue weighted by Gasteiger charge is 2.21. The highest BCUT2D eigenvalue weighted by atomic mass is 16.5. The van der Waals surface area contributed by atoms with E-state index in [9.17, 15) is 9.90 Å². The lowest BCUT2D eigenvalue weighted by Gasteiger charge is -2.16. The number of aliphatic hydroxyl groups is 1. The van der Waals surface area contributed by atoms with E-state index in [0.29, 0.717) is 18.2 Å². The lowest BCUT2D eigenvalue weighted by atomic mass is 10.1. The first kappa shape index (κ1) is 14.9. The molecule has 20 heavy (non-hydrogen) atoms. The SMILES string of the molecule is CC(C)CNC(=O)C(C)Oc1ccc2c(c1)CCC2O. The minimum atomic E-state index is -0.516. The molecule has 1 aromatic rings. The molecule has 2 rings (SSSR count). The Hall–Kier alpha value is -1.55. The number of ether oxygens (including phenoxy) is 1. The van der Waals surface area contributed by atoms with Crippen molar-refractivity contribution in [2.75, 3.05) is 6.54 Å². The summed E-state index contributed by atoms with van der Waals surface area (Å²) >= 11 is 0. The summed E-state index contributed by atoms with van der Waals surface area (Å²) in [5, 5.41) is 12.6. The van der Waals surface area contributed by atoms with Gasteiger partial charge in [-0.2, -0.15) is 0 Å². The summed E-state index contributed by atoms with van der Waals surface area (Å²) in [6.07, 6.45) is 0.758. The molecule has 2 N–H and O–H groups in total. The largest absolute Gasteiger partial charge is 0.481 e. The number of fused-ring (bicyclic) bond motifs is 1. The number of nitrogens with one attached hydrogen (secondary N) is 1. The molecule has 1 aliphatic rings. The van der Waals surface area contributed by atoms with Crippen molar-refractivity contribution in [3.63, 3.8) is 0 Å². The maximum atomic E-state index is 11.9. The third-order valence-corrected chi connectivity index (χ3v) is 3.53. The van der Waals surface area contributed by atoms with Crippen LogP contribution in [0.1, 0.15) is 44.4 Å². The monoisotopic (exact) mass is 277 g/mol. The van der Waals surface area contributed by atoms with E-state index in [-0.39, 0.29) is 12.0 Å². The molecular formula is C16H23NO3. The van der Waals surface area contributed by atoms with Gasteiger partial charge in [-0.05, 0) is 48.9 Å². The maximum Gasteiger partial charge on any atom is 0.260 e. The molecule has 0 aromatic heterocycles. The molecule has 0 bridgehead atoms. The van der Waals surface area contributed by atoms with Gasteiger partial charge in [-0.1, -0.05) is 19.9 Å². The quantitative estimate of drug-likeness (QED) is 0.867. The first-order valence-corrected chi connectivity index (χ1v) is 7.22. The summed E-state index contributed by atoms with van der Waals surface area (Å²) in [7, 11) is 0. The smallest absolute Gasteiger partial charge is 0.260 e. The first-order chi connectivity index (χ1) is 9.47. The van der Waals surface area contributed by atoms with E-state index in [2.05, 4.69) is 19.2 Å². The number of hydrogen-bond donors (Lipinski definition) is 2. The molecule has 2 atom stereocenters. The van der Waals surface area contributed by atoms with E-state index in [1.807, 2.05) is 18.2 Å². The predicted molar refractivity (Wildman–Crippen MR) is 77.7 cm³/mol. The van der Waals surface area contributed by atoms with E-state index < -0.39 is 6.10 Å². The summed E-state index contributed by atoms with van der Waals surface area (Å²) < 4.78 is 5.68. The van der Waals surface area contributed by atoms with Crippen molar-refractivity contribution in [2.45, 2.75) is 45.8 Å². The molecule has 0 radical (unpaired) electrons. The fourth-order valence-corrected chi connectivity index (χ4v) is 2.35. The van der Waals surface area contributed by atoms with Crippen molar-refractivity contribution in [3.8, 4) is 5.75 Å². The van der Waals surface area contributed by atoms with Gasteiger partial charge in [0.1, 0.15) is 5.75 Å². The number of hydrogen-bond acceptors (Lipinski definition) is 3. The molecule has 0 saturated carbocycles. The number of carbonyl (C=O) groups excluding carboxylic acids is 1. The number of aryl methyl sites for hydroxylation is 1. The average molecular weight is 277 g/mol. The fourth-order valence-electron chi connectivity index (χ4n) is 2.35. The minimum Gasteiger partial charge on any atom is -0.481 e. The first-order valence-electron chi connectivity index (χ1n) is 7.22. The normalized spacial score (nSPS) is 18.8. The van der Waals surface area contributed by atoms with Gasteiger partial charge < -0.3 is 15.2 Å². The lowest BCUT2D eigenvalue weighted by molar-refractivity contribution is -0.127. The summed E-state index contributed by atoms with van der Waals surface area (Å²) in [6, 6.07) is 5.64. The van der Waals surface area contributed by atoms with Crippen molar-refractivity contribution < 1.29 is 14.6 Å². The van der Waals surface area contributed by atoms with Gasteiger partial charge in [-0.15, -0.1) is 0 Å². The van der Waals surface area contributed by atoms with Gasteiger partial charge in [0.05, 0.1) is 6.10 Å². The van der Waals surface area contributed by atoms with Crippen LogP contribution in [0.5, 0.6) is 5.75 Å². The summed E-state index contributed by atoms with van der Waals surface area (Å²) in [5.74, 6) is 1.01. The van der Waals surface area contributed by atoms with Crippen LogP contribution in [0.4, 0.5) is 0 Å². The van der Waals surface area contributed by atoms with E-state index in [0.717, 1.165) is 24.0 Å². The topological polar surface area (TPSA) is 58.6 Å². The third-order valence-electron chi connectivity index (χ3n) is 3.53. The molecule has 1 aliphatic carbocycles. The zero-order valence-electron chi connectivity index (χ0n) is 12.3. The van der Waals surface area contributed by atoms with Crippen LogP contribution >= 0.6 is 0 Å². The Morgan fingerprint density at radius 2 is 2.20 bits per heavy atom. The molecule has 1 aromatic carbocycles. The molecule has 1 amide bonds. The molecule has 0 spiro atoms. The van der Waals surface area contributed by atoms with E-state index in [1.165, 1.54) is 0 Å². The number of rotatable bonds is 5. The van der Waals surface area contributed by atoms with Gasteiger partial charge >= 0.3 is 0 Å². The van der Waals surface area contributed by atoms with Crippen LogP contribution in [0, 0.1) is 5.92 Å². The van der Waals surface area contributed by atoms with Crippen molar-refractivity contribution in [3.05, 3.63) is 29.3 Å². The van der Waals surface area contributed by atoms with Gasteiger partial charge in [0.25, 0.3) is 5.91 Å². The Labute approximate surface area is 120 Å². The van der Waals surface area contributed by atoms with Crippen LogP contribution in [0.2, 0.25) is 0 Å². The Kier molecular flexibility index (Phi) is 4.65. The van der Waals surface area contributed by atoms with Gasteiger partial charge in [0.15, 0.2) is 6.10 Å². The average Bonchev–Trinajstić information content (AvgIpc) is 2.77. The van der Waals surface area contributed by atoms with Gasteiger partial charge in [-0.25, -0.2) is 0 Å². The molecule has 110 valence electrons. The van der Waals surface area contributed by atoms with Crippen LogP contribution in [0.15, 0.2) is 18.2 Å². The number of aliphatic hydroxyl groups excluding tert-OH is 1. The Bertz CT molecular complexity index is 485. The van der Waals surface area contributed by atoms with E-state index in [4.69, 9.17) is 4.74 Å². The fraction of sp³-hybridized carbons (Fsp3) is 0.562. The van der Waals surface area contributed by atoms with Crippen LogP contribution in [0.25, 0.3) is 0 Å². The van der Waals surface area contributed by atoms with Crippen molar-refractivity contribution in [1.82, 2.24) is 5.32 Å². The van der Waals surface area contributed by atoms with E-state index in [1.54, 1.807) is 6.92 Å². The van der Waals surface area contributed by atoms with Gasteiger partial charge in [-0.3, -0.25) is 4.79 Å². The highest BCUT2D eigenvalue weighted by molar-refractivity contribution is 5.80. The number of benzene rings is 1. The lowest BCUT2D eigenvalue weighted by Crippen LogP contribution is -2.38. The van der Waals surface area contributed by atoms with Gasteiger partial charge in [0, 0.05) is 6.54 Å². The summed E-state index contributed by atoms with van der Waals surface area (Å²) in [5.41, 5.74) is 2.10. The predicted octanol–water partition coefficient (Wildman–Crippen LogP) is 2.21. The molecule has 4 nitrogen and oxygen atoms in total. The molecule has 0 aliphatic heterocycles. The van der Waals surface area contributed by atoms with Gasteiger partial charge in [0.2, 0.25) is 0 Å². The van der Waals surface area contributed by atoms with Crippen LogP contribution in [-0.2, 0) is 11.2 Å². The number of carbonyl (C=O) groups is 1. The summed E-state index contributed by atoms with van der Waals surface area (Å²) in [6.45, 7) is 6.51. The molecule has 4 heteroatoms. The zero-order valence-corrected chi connectivity index (χ0v) is 12.3. The van der Waals surface area contributed by atoms with Crippen LogP contribution in [-0.4, -0.2) is 23.7 Å². The Balaban J connectivity index is 1.95. The second kappa shape index (κ2) is 6.27. The standard InChI is InChI=1S/C16H23NO3/c1-10(2)9-17-16(19)11(3)20-13-5-6-14-12(8-13)4-7-15(14)18/h5-6,8,10-11,15,18H,4,7,9H2,1-3H3,(H,17,19). The van der Waals surface area contributed by atoms with Crippen LogP contribution in [0.3, 0.4) is 0 Å². The molecule has 2 unspecified atom stereocenters.